The van der Waals surface area contributed by atoms with E-state index in [1.807, 2.05) is 36.5 Å². The van der Waals surface area contributed by atoms with Gasteiger partial charge in [0.25, 0.3) is 0 Å². The van der Waals surface area contributed by atoms with E-state index in [-0.39, 0.29) is 31.6 Å². The standard InChI is InChI=1S/C38H48Cl2N2O9/c1-49-16-15-42-37(48)24(19-32(44)35(46)36(47)33(45)21-43)6-4-5-23-17-31(40)25(18-30(23)39)22-50-38(12-13-38)29-20-41-14-11-27(29)28-7-2-3-8-34(28)51-26-9-10-26/h2-3,7-8,11,14,17-18,20,24,26,32-33,35-36,43-47H,4-6,9-10,12-13,15-16,19,21-22H2,1H3,(H,42,48)/t24?,32-,33+,35+,36+/m0/s1. The molecule has 1 unspecified atom stereocenters. The van der Waals surface area contributed by atoms with E-state index < -0.39 is 42.5 Å². The number of halogens is 2. The Morgan fingerprint density at radius 1 is 1.00 bits per heavy atom. The van der Waals surface area contributed by atoms with Crippen molar-refractivity contribution in [2.45, 2.75) is 94.1 Å². The predicted molar refractivity (Wildman–Crippen MR) is 193 cm³/mol. The van der Waals surface area contributed by atoms with Crippen LogP contribution in [0.1, 0.15) is 61.6 Å². The molecule has 2 aliphatic rings. The number of benzene rings is 2. The van der Waals surface area contributed by atoms with Crippen LogP contribution in [0, 0.1) is 5.92 Å². The number of carbonyl (C=O) groups is 1. The van der Waals surface area contributed by atoms with Gasteiger partial charge in [-0.3, -0.25) is 9.78 Å². The summed E-state index contributed by atoms with van der Waals surface area (Å²) < 4.78 is 17.8. The van der Waals surface area contributed by atoms with Gasteiger partial charge in [-0.05, 0) is 92.3 Å². The van der Waals surface area contributed by atoms with Crippen molar-refractivity contribution in [3.05, 3.63) is 81.6 Å². The van der Waals surface area contributed by atoms with Gasteiger partial charge < -0.3 is 45.1 Å². The Kier molecular flexibility index (Phi) is 14.1. The van der Waals surface area contributed by atoms with E-state index in [4.69, 9.17) is 42.5 Å². The minimum absolute atomic E-state index is 0.181. The summed E-state index contributed by atoms with van der Waals surface area (Å²) in [5.74, 6) is -0.222. The molecule has 0 bridgehead atoms. The number of rotatable bonds is 21. The summed E-state index contributed by atoms with van der Waals surface area (Å²) in [5.41, 5.74) is 4.08. The monoisotopic (exact) mass is 746 g/mol. The minimum atomic E-state index is -1.78. The van der Waals surface area contributed by atoms with E-state index in [1.54, 1.807) is 12.3 Å². The normalized spacial score (nSPS) is 18.0. The predicted octanol–water partition coefficient (Wildman–Crippen LogP) is 4.33. The van der Waals surface area contributed by atoms with Gasteiger partial charge >= 0.3 is 0 Å². The van der Waals surface area contributed by atoms with Crippen molar-refractivity contribution in [2.24, 2.45) is 5.92 Å². The summed E-state index contributed by atoms with van der Waals surface area (Å²) in [5, 5.41) is 53.5. The lowest BCUT2D eigenvalue weighted by atomic mass is 9.89. The maximum atomic E-state index is 13.0. The van der Waals surface area contributed by atoms with Crippen molar-refractivity contribution in [2.75, 3.05) is 26.9 Å². The zero-order valence-electron chi connectivity index (χ0n) is 28.7. The molecular formula is C38H48Cl2N2O9. The maximum absolute atomic E-state index is 13.0. The fourth-order valence-corrected chi connectivity index (χ4v) is 6.73. The Labute approximate surface area is 308 Å². The molecule has 5 rings (SSSR count). The lowest BCUT2D eigenvalue weighted by Gasteiger charge is -2.28. The fraction of sp³-hybridized carbons (Fsp3) is 0.526. The van der Waals surface area contributed by atoms with Crippen LogP contribution >= 0.6 is 23.2 Å². The summed E-state index contributed by atoms with van der Waals surface area (Å²) in [6.07, 6.45) is 2.16. The van der Waals surface area contributed by atoms with Crippen LogP contribution in [-0.4, -0.2) is 93.8 Å². The van der Waals surface area contributed by atoms with E-state index in [0.717, 1.165) is 59.3 Å². The number of nitrogens with zero attached hydrogens (tertiary/aromatic N) is 1. The smallest absolute Gasteiger partial charge is 0.223 e. The van der Waals surface area contributed by atoms with Gasteiger partial charge in [0.2, 0.25) is 5.91 Å². The van der Waals surface area contributed by atoms with E-state index in [2.05, 4.69) is 16.4 Å². The first-order valence-corrected chi connectivity index (χ1v) is 18.2. The second-order valence-corrected chi connectivity index (χ2v) is 14.3. The van der Waals surface area contributed by atoms with Crippen LogP contribution < -0.4 is 10.1 Å². The topological polar surface area (TPSA) is 171 Å². The van der Waals surface area contributed by atoms with Crippen LogP contribution in [0.25, 0.3) is 11.1 Å². The Balaban J connectivity index is 1.22. The van der Waals surface area contributed by atoms with Gasteiger partial charge in [-0.15, -0.1) is 0 Å². The molecule has 3 aromatic rings. The maximum Gasteiger partial charge on any atom is 0.223 e. The van der Waals surface area contributed by atoms with Crippen molar-refractivity contribution in [3.8, 4) is 16.9 Å². The number of pyridine rings is 1. The second-order valence-electron chi connectivity index (χ2n) is 13.5. The Bertz CT molecular complexity index is 1600. The molecule has 2 aromatic carbocycles. The number of amides is 1. The van der Waals surface area contributed by atoms with Gasteiger partial charge in [-0.25, -0.2) is 0 Å². The van der Waals surface area contributed by atoms with E-state index in [0.29, 0.717) is 35.9 Å². The van der Waals surface area contributed by atoms with E-state index in [1.165, 1.54) is 7.11 Å². The molecule has 2 fully saturated rings. The Morgan fingerprint density at radius 3 is 2.41 bits per heavy atom. The highest BCUT2D eigenvalue weighted by molar-refractivity contribution is 6.34. The number of aryl methyl sites for hydroxylation is 1. The fourth-order valence-electron chi connectivity index (χ4n) is 6.21. The lowest BCUT2D eigenvalue weighted by molar-refractivity contribution is -0.133. The van der Waals surface area contributed by atoms with Gasteiger partial charge in [0.15, 0.2) is 0 Å². The molecule has 278 valence electrons. The van der Waals surface area contributed by atoms with Gasteiger partial charge in [-0.1, -0.05) is 41.4 Å². The van der Waals surface area contributed by atoms with Crippen molar-refractivity contribution in [1.82, 2.24) is 10.3 Å². The molecule has 5 atom stereocenters. The van der Waals surface area contributed by atoms with Crippen LogP contribution in [0.5, 0.6) is 5.75 Å². The largest absolute Gasteiger partial charge is 0.490 e. The van der Waals surface area contributed by atoms with Gasteiger partial charge in [0, 0.05) is 53.1 Å². The molecule has 0 aliphatic heterocycles. The van der Waals surface area contributed by atoms with E-state index >= 15 is 0 Å². The van der Waals surface area contributed by atoms with Crippen molar-refractivity contribution in [1.29, 1.82) is 0 Å². The summed E-state index contributed by atoms with van der Waals surface area (Å²) in [6.45, 7) is 0.00158. The summed E-state index contributed by atoms with van der Waals surface area (Å²) >= 11 is 13.5. The van der Waals surface area contributed by atoms with Crippen LogP contribution in [0.15, 0.2) is 54.9 Å². The number of aliphatic hydroxyl groups is 5. The van der Waals surface area contributed by atoms with Crippen molar-refractivity contribution >= 4 is 29.1 Å². The number of para-hydroxylation sites is 1. The summed E-state index contributed by atoms with van der Waals surface area (Å²) in [4.78, 5) is 17.4. The molecule has 13 heteroatoms. The average molecular weight is 748 g/mol. The number of methoxy groups -OCH3 is 1. The molecule has 11 nitrogen and oxygen atoms in total. The molecule has 0 radical (unpaired) electrons. The average Bonchev–Trinajstić information content (AvgIpc) is 4.08. The molecule has 1 amide bonds. The summed E-state index contributed by atoms with van der Waals surface area (Å²) in [7, 11) is 1.51. The minimum Gasteiger partial charge on any atom is -0.490 e. The number of hydrogen-bond acceptors (Lipinski definition) is 10. The van der Waals surface area contributed by atoms with Gasteiger partial charge in [0.1, 0.15) is 24.1 Å². The van der Waals surface area contributed by atoms with Gasteiger partial charge in [0.05, 0.1) is 37.6 Å². The number of aliphatic hydroxyl groups excluding tert-OH is 5. The number of aromatic nitrogens is 1. The van der Waals surface area contributed by atoms with Crippen LogP contribution in [0.2, 0.25) is 10.0 Å². The number of carbonyl (C=O) groups excluding carboxylic acids is 1. The second kappa shape index (κ2) is 18.3. The molecule has 1 heterocycles. The molecule has 6 N–H and O–H groups in total. The van der Waals surface area contributed by atoms with Crippen LogP contribution in [0.3, 0.4) is 0 Å². The Morgan fingerprint density at radius 2 is 1.71 bits per heavy atom. The van der Waals surface area contributed by atoms with Crippen LogP contribution in [-0.2, 0) is 32.9 Å². The van der Waals surface area contributed by atoms with Crippen molar-refractivity contribution in [3.63, 3.8) is 0 Å². The van der Waals surface area contributed by atoms with Gasteiger partial charge in [-0.2, -0.15) is 0 Å². The molecule has 2 saturated carbocycles. The highest BCUT2D eigenvalue weighted by Gasteiger charge is 2.48. The summed E-state index contributed by atoms with van der Waals surface area (Å²) in [6, 6.07) is 13.7. The third-order valence-corrected chi connectivity index (χ3v) is 10.3. The molecule has 1 aromatic heterocycles. The Hall–Kier alpha value is -2.84. The molecular weight excluding hydrogens is 699 g/mol. The number of nitrogens with one attached hydrogen (secondary N) is 1. The highest BCUT2D eigenvalue weighted by atomic mass is 35.5. The van der Waals surface area contributed by atoms with E-state index in [9.17, 15) is 25.2 Å². The lowest BCUT2D eigenvalue weighted by Crippen LogP contribution is -2.47. The molecule has 0 saturated heterocycles. The van der Waals surface area contributed by atoms with Crippen molar-refractivity contribution < 1.29 is 44.5 Å². The number of hydrogen-bond donors (Lipinski definition) is 6. The first kappa shape index (κ1) is 39.4. The third kappa shape index (κ3) is 10.4. The SMILES string of the molecule is COCCNC(=O)C(CCCc1cc(Cl)c(COC2(c3cnccc3-c3ccccc3OC3CC3)CC2)cc1Cl)C[C@H](O)[C@@H](O)[C@H](O)[C@H](O)CO. The zero-order chi connectivity index (χ0) is 36.5. The quantitative estimate of drug-likeness (QED) is 0.0863. The van der Waals surface area contributed by atoms with Crippen LogP contribution in [0.4, 0.5) is 0 Å². The highest BCUT2D eigenvalue weighted by Crippen LogP contribution is 2.53. The first-order valence-electron chi connectivity index (χ1n) is 17.5. The molecule has 2 aliphatic carbocycles. The molecule has 51 heavy (non-hydrogen) atoms. The number of ether oxygens (including phenoxy) is 3. The first-order chi connectivity index (χ1) is 24.6. The molecule has 0 spiro atoms. The third-order valence-electron chi connectivity index (χ3n) is 9.56. The zero-order valence-corrected chi connectivity index (χ0v) is 30.2.